The van der Waals surface area contributed by atoms with Crippen molar-refractivity contribution in [3.8, 4) is 10.6 Å². The minimum Gasteiger partial charge on any atom is -0.356 e. The van der Waals surface area contributed by atoms with Crippen LogP contribution in [0, 0.1) is 5.82 Å². The molecule has 2 unspecified atom stereocenters. The van der Waals surface area contributed by atoms with E-state index in [9.17, 15) is 9.59 Å². The first-order chi connectivity index (χ1) is 18.8. The number of likely N-dealkylation sites (tertiary alicyclic amines) is 1. The molecule has 10 heteroatoms. The minimum atomic E-state index is -0.693. The molecule has 0 radical (unpaired) electrons. The maximum Gasteiger partial charge on any atom is 0.328 e. The molecular weight excluding hydrogens is 517 g/mol. The fourth-order valence-corrected chi connectivity index (χ4v) is 6.71. The molecule has 2 aromatic carbocycles. The molecule has 3 aliphatic rings. The highest BCUT2D eigenvalue weighted by molar-refractivity contribution is 7.13. The Bertz CT molecular complexity index is 1610. The number of rotatable bonds is 5. The zero-order chi connectivity index (χ0) is 26.8. The number of carbonyl (C=O) groups excluding carboxylic acids is 2. The van der Waals surface area contributed by atoms with Crippen LogP contribution in [0.4, 0.5) is 14.9 Å². The summed E-state index contributed by atoms with van der Waals surface area (Å²) < 4.78 is 22.4. The molecule has 0 saturated carbocycles. The number of nitrogens with zero attached hydrogens (tertiary/aromatic N) is 4. The van der Waals surface area contributed by atoms with E-state index in [-0.39, 0.29) is 24.7 Å². The van der Waals surface area contributed by atoms with Crippen molar-refractivity contribution in [2.75, 3.05) is 24.5 Å². The highest BCUT2D eigenvalue weighted by Crippen LogP contribution is 2.61. The Hall–Kier alpha value is -3.73. The van der Waals surface area contributed by atoms with Crippen LogP contribution in [-0.2, 0) is 21.7 Å². The van der Waals surface area contributed by atoms with Gasteiger partial charge in [-0.3, -0.25) is 24.9 Å². The molecule has 2 aromatic heterocycles. The molecule has 39 heavy (non-hydrogen) atoms. The molecule has 7 rings (SSSR count). The number of ether oxygens (including phenoxy) is 1. The zero-order valence-electron chi connectivity index (χ0n) is 21.3. The van der Waals surface area contributed by atoms with Crippen LogP contribution in [0.25, 0.3) is 21.5 Å². The number of hydrogen-bond acceptors (Lipinski definition) is 7. The molecule has 2 atom stereocenters. The SMILES string of the molecule is CC12CN(Cc3ccc(-c4nccs4)cc3)CCC1(c1ccc3ncc(N4CCC(=O)NC4=O)cc3c1F)O2. The van der Waals surface area contributed by atoms with Gasteiger partial charge in [0.1, 0.15) is 22.0 Å². The number of carbonyl (C=O) groups is 2. The molecule has 5 heterocycles. The minimum absolute atomic E-state index is 0.189. The Morgan fingerprint density at radius 1 is 1.13 bits per heavy atom. The van der Waals surface area contributed by atoms with Crippen molar-refractivity contribution in [3.63, 3.8) is 0 Å². The predicted octanol–water partition coefficient (Wildman–Crippen LogP) is 4.83. The summed E-state index contributed by atoms with van der Waals surface area (Å²) in [5, 5.41) is 5.63. The number of halogens is 1. The average molecular weight is 544 g/mol. The number of fused-ring (bicyclic) bond motifs is 2. The highest BCUT2D eigenvalue weighted by atomic mass is 32.1. The smallest absolute Gasteiger partial charge is 0.328 e. The molecule has 1 N–H and O–H groups in total. The van der Waals surface area contributed by atoms with Gasteiger partial charge in [-0.25, -0.2) is 14.2 Å². The number of aromatic nitrogens is 2. The number of hydrogen-bond donors (Lipinski definition) is 1. The van der Waals surface area contributed by atoms with E-state index in [2.05, 4.69) is 51.4 Å². The molecule has 4 aromatic rings. The number of piperidine rings is 1. The average Bonchev–Trinajstić information content (AvgIpc) is 3.24. The van der Waals surface area contributed by atoms with Crippen molar-refractivity contribution >= 4 is 39.9 Å². The summed E-state index contributed by atoms with van der Waals surface area (Å²) in [6.45, 7) is 4.55. The topological polar surface area (TPSA) is 91.0 Å². The summed E-state index contributed by atoms with van der Waals surface area (Å²) in [4.78, 5) is 36.4. The lowest BCUT2D eigenvalue weighted by Crippen LogP contribution is -2.49. The zero-order valence-corrected chi connectivity index (χ0v) is 22.1. The lowest BCUT2D eigenvalue weighted by atomic mass is 9.80. The Kier molecular flexibility index (Phi) is 5.55. The maximum absolute atomic E-state index is 16.1. The number of imide groups is 1. The molecule has 3 amide bonds. The Balaban J connectivity index is 1.11. The molecule has 0 spiro atoms. The van der Waals surface area contributed by atoms with Gasteiger partial charge in [-0.1, -0.05) is 30.3 Å². The predicted molar refractivity (Wildman–Crippen MR) is 146 cm³/mol. The number of benzene rings is 2. The normalized spacial score (nSPS) is 25.0. The van der Waals surface area contributed by atoms with Crippen LogP contribution < -0.4 is 10.2 Å². The first-order valence-electron chi connectivity index (χ1n) is 13.0. The van der Waals surface area contributed by atoms with Crippen LogP contribution in [0.1, 0.15) is 30.9 Å². The maximum atomic E-state index is 16.1. The van der Waals surface area contributed by atoms with Crippen molar-refractivity contribution in [3.05, 3.63) is 77.2 Å². The van der Waals surface area contributed by atoms with Crippen LogP contribution >= 0.6 is 11.3 Å². The second kappa shape index (κ2) is 8.90. The Morgan fingerprint density at radius 3 is 2.72 bits per heavy atom. The van der Waals surface area contributed by atoms with Crippen molar-refractivity contribution in [2.45, 2.75) is 37.5 Å². The highest BCUT2D eigenvalue weighted by Gasteiger charge is 2.70. The molecule has 8 nitrogen and oxygen atoms in total. The summed E-state index contributed by atoms with van der Waals surface area (Å²) in [5.41, 5.74) is 2.62. The molecule has 0 aliphatic carbocycles. The molecule has 3 saturated heterocycles. The summed E-state index contributed by atoms with van der Waals surface area (Å²) in [7, 11) is 0. The fraction of sp³-hybridized carbons (Fsp3) is 0.310. The lowest BCUT2D eigenvalue weighted by Gasteiger charge is -2.33. The number of epoxide rings is 1. The molecule has 3 aliphatic heterocycles. The number of pyridine rings is 1. The van der Waals surface area contributed by atoms with E-state index in [4.69, 9.17) is 4.74 Å². The van der Waals surface area contributed by atoms with Crippen molar-refractivity contribution in [1.29, 1.82) is 0 Å². The van der Waals surface area contributed by atoms with Gasteiger partial charge in [-0.2, -0.15) is 0 Å². The Morgan fingerprint density at radius 2 is 1.97 bits per heavy atom. The number of thiazole rings is 1. The Labute approximate surface area is 228 Å². The van der Waals surface area contributed by atoms with E-state index in [1.807, 2.05) is 17.6 Å². The number of amides is 3. The third-order valence-corrected chi connectivity index (χ3v) is 8.96. The van der Waals surface area contributed by atoms with E-state index in [1.165, 1.54) is 16.7 Å². The largest absolute Gasteiger partial charge is 0.356 e. The van der Waals surface area contributed by atoms with Crippen LogP contribution in [-0.4, -0.2) is 52.0 Å². The van der Waals surface area contributed by atoms with Crippen LogP contribution in [0.2, 0.25) is 0 Å². The van der Waals surface area contributed by atoms with Gasteiger partial charge >= 0.3 is 6.03 Å². The molecule has 3 fully saturated rings. The van der Waals surface area contributed by atoms with Gasteiger partial charge in [0.2, 0.25) is 5.91 Å². The van der Waals surface area contributed by atoms with E-state index in [1.54, 1.807) is 23.5 Å². The van der Waals surface area contributed by atoms with E-state index in [0.29, 0.717) is 35.1 Å². The number of anilines is 1. The van der Waals surface area contributed by atoms with Gasteiger partial charge in [-0.05, 0) is 31.0 Å². The van der Waals surface area contributed by atoms with Gasteiger partial charge in [0.05, 0.1) is 17.4 Å². The number of nitrogens with one attached hydrogen (secondary N) is 1. The standard InChI is InChI=1S/C29H26FN5O3S/c1-28-17-34(16-18-2-4-19(5-3-18)26-31-10-13-39-26)12-9-29(28,38-28)22-6-7-23-21(25(22)30)14-20(15-32-23)35-11-8-24(36)33-27(35)37/h2-7,10,13-15H,8-9,11-12,16-17H2,1H3,(H,33,36,37). The third-order valence-electron chi connectivity index (χ3n) is 8.14. The quantitative estimate of drug-likeness (QED) is 0.363. The molecular formula is C29H26FN5O3S. The van der Waals surface area contributed by atoms with Gasteiger partial charge in [0, 0.05) is 60.7 Å². The van der Waals surface area contributed by atoms with Gasteiger partial charge in [-0.15, -0.1) is 11.3 Å². The first-order valence-corrected chi connectivity index (χ1v) is 13.8. The van der Waals surface area contributed by atoms with Crippen LogP contribution in [0.15, 0.2) is 60.2 Å². The van der Waals surface area contributed by atoms with Crippen molar-refractivity contribution < 1.29 is 18.7 Å². The fourth-order valence-electron chi connectivity index (χ4n) is 6.07. The molecule has 0 bridgehead atoms. The van der Waals surface area contributed by atoms with E-state index >= 15 is 4.39 Å². The van der Waals surface area contributed by atoms with Crippen LogP contribution in [0.3, 0.4) is 0 Å². The monoisotopic (exact) mass is 543 g/mol. The lowest BCUT2D eigenvalue weighted by molar-refractivity contribution is -0.120. The second-order valence-corrected chi connectivity index (χ2v) is 11.5. The summed E-state index contributed by atoms with van der Waals surface area (Å²) in [5.74, 6) is -0.688. The third kappa shape index (κ3) is 4.02. The van der Waals surface area contributed by atoms with Crippen molar-refractivity contribution in [1.82, 2.24) is 20.2 Å². The van der Waals surface area contributed by atoms with E-state index < -0.39 is 17.2 Å². The van der Waals surface area contributed by atoms with Crippen molar-refractivity contribution in [2.24, 2.45) is 0 Å². The van der Waals surface area contributed by atoms with Gasteiger partial charge in [0.15, 0.2) is 0 Å². The summed E-state index contributed by atoms with van der Waals surface area (Å²) in [6.07, 6.45) is 4.21. The summed E-state index contributed by atoms with van der Waals surface area (Å²) >= 11 is 1.63. The molecule has 198 valence electrons. The van der Waals surface area contributed by atoms with E-state index in [0.717, 1.165) is 23.7 Å². The summed E-state index contributed by atoms with van der Waals surface area (Å²) in [6, 6.07) is 13.2. The second-order valence-electron chi connectivity index (χ2n) is 10.6. The van der Waals surface area contributed by atoms with Gasteiger partial charge in [0.25, 0.3) is 0 Å². The van der Waals surface area contributed by atoms with Gasteiger partial charge < -0.3 is 4.74 Å². The van der Waals surface area contributed by atoms with Crippen LogP contribution in [0.5, 0.6) is 0 Å². The first kappa shape index (κ1) is 24.3. The number of urea groups is 1.